The van der Waals surface area contributed by atoms with Gasteiger partial charge in [-0.05, 0) is 31.6 Å². The number of carboxylic acid groups (broad SMARTS) is 1. The molecule has 0 radical (unpaired) electrons. The molecular formula is C32H62O4. The van der Waals surface area contributed by atoms with Gasteiger partial charge in [0.25, 0.3) is 0 Å². The van der Waals surface area contributed by atoms with Crippen molar-refractivity contribution in [1.82, 2.24) is 0 Å². The van der Waals surface area contributed by atoms with Gasteiger partial charge in [0.1, 0.15) is 0 Å². The van der Waals surface area contributed by atoms with Crippen LogP contribution in [0.2, 0.25) is 0 Å². The molecule has 0 aliphatic carbocycles. The second kappa shape index (κ2) is 28.5. The zero-order valence-electron chi connectivity index (χ0n) is 24.3. The Hall–Kier alpha value is -1.06. The number of carboxylic acids is 1. The predicted octanol–water partition coefficient (Wildman–Crippen LogP) is 10.4. The Kier molecular flexibility index (Phi) is 27.7. The molecule has 0 bridgehead atoms. The summed E-state index contributed by atoms with van der Waals surface area (Å²) in [6.07, 6.45) is 30.7. The van der Waals surface area contributed by atoms with Crippen molar-refractivity contribution in [2.45, 2.75) is 181 Å². The second-order valence-electron chi connectivity index (χ2n) is 11.1. The summed E-state index contributed by atoms with van der Waals surface area (Å²) in [7, 11) is 0. The fourth-order valence-electron chi connectivity index (χ4n) is 4.98. The first-order valence-corrected chi connectivity index (χ1v) is 16.0. The maximum Gasteiger partial charge on any atom is 0.305 e. The van der Waals surface area contributed by atoms with Gasteiger partial charge >= 0.3 is 11.9 Å². The molecule has 4 heteroatoms. The highest BCUT2D eigenvalue weighted by atomic mass is 16.5. The van der Waals surface area contributed by atoms with Crippen molar-refractivity contribution in [3.63, 3.8) is 0 Å². The van der Waals surface area contributed by atoms with Crippen LogP contribution in [0.1, 0.15) is 181 Å². The van der Waals surface area contributed by atoms with Gasteiger partial charge in [0.2, 0.25) is 0 Å². The molecule has 0 fully saturated rings. The summed E-state index contributed by atoms with van der Waals surface area (Å²) in [4.78, 5) is 22.8. The Balaban J connectivity index is 4.04. The van der Waals surface area contributed by atoms with Crippen LogP contribution < -0.4 is 0 Å². The third-order valence-electron chi connectivity index (χ3n) is 7.43. The SMILES string of the molecule is CCCCCCCCCCCCC(CCCCCCCCCC)COC(=O)CCCCCCC(=O)O. The Morgan fingerprint density at radius 1 is 0.528 bits per heavy atom. The number of unbranched alkanes of at least 4 members (excludes halogenated alkanes) is 19. The zero-order chi connectivity index (χ0) is 26.5. The van der Waals surface area contributed by atoms with Crippen LogP contribution in [0, 0.1) is 5.92 Å². The number of esters is 1. The first-order valence-electron chi connectivity index (χ1n) is 16.0. The Bertz CT molecular complexity index is 477. The van der Waals surface area contributed by atoms with Gasteiger partial charge < -0.3 is 9.84 Å². The summed E-state index contributed by atoms with van der Waals surface area (Å²) in [6, 6.07) is 0. The summed E-state index contributed by atoms with van der Waals surface area (Å²) < 4.78 is 5.68. The average molecular weight is 511 g/mol. The molecule has 0 spiro atoms. The minimum atomic E-state index is -0.737. The monoisotopic (exact) mass is 510 g/mol. The van der Waals surface area contributed by atoms with Crippen molar-refractivity contribution in [3.05, 3.63) is 0 Å². The van der Waals surface area contributed by atoms with Crippen LogP contribution in [-0.2, 0) is 14.3 Å². The van der Waals surface area contributed by atoms with Gasteiger partial charge in [0.05, 0.1) is 6.61 Å². The molecule has 0 aliphatic rings. The minimum absolute atomic E-state index is 0.0720. The lowest BCUT2D eigenvalue weighted by atomic mass is 9.94. The quantitative estimate of drug-likeness (QED) is 0.0802. The van der Waals surface area contributed by atoms with Gasteiger partial charge in [0, 0.05) is 12.8 Å². The highest BCUT2D eigenvalue weighted by Gasteiger charge is 2.12. The third-order valence-corrected chi connectivity index (χ3v) is 7.43. The van der Waals surface area contributed by atoms with Crippen LogP contribution >= 0.6 is 0 Å². The minimum Gasteiger partial charge on any atom is -0.481 e. The smallest absolute Gasteiger partial charge is 0.305 e. The molecule has 1 atom stereocenters. The van der Waals surface area contributed by atoms with E-state index in [1.54, 1.807) is 0 Å². The maximum atomic E-state index is 12.2. The molecule has 1 N–H and O–H groups in total. The van der Waals surface area contributed by atoms with Gasteiger partial charge in [-0.1, -0.05) is 142 Å². The van der Waals surface area contributed by atoms with E-state index in [1.807, 2.05) is 0 Å². The van der Waals surface area contributed by atoms with Gasteiger partial charge in [-0.15, -0.1) is 0 Å². The molecule has 214 valence electrons. The molecule has 0 saturated carbocycles. The first-order chi connectivity index (χ1) is 17.6. The van der Waals surface area contributed by atoms with Crippen molar-refractivity contribution < 1.29 is 19.4 Å². The van der Waals surface area contributed by atoms with Crippen molar-refractivity contribution in [3.8, 4) is 0 Å². The lowest BCUT2D eigenvalue weighted by Gasteiger charge is -2.17. The summed E-state index contributed by atoms with van der Waals surface area (Å²) >= 11 is 0. The summed E-state index contributed by atoms with van der Waals surface area (Å²) in [5.74, 6) is -0.296. The molecule has 0 rings (SSSR count). The van der Waals surface area contributed by atoms with Crippen molar-refractivity contribution in [2.75, 3.05) is 6.61 Å². The number of hydrogen-bond donors (Lipinski definition) is 1. The number of rotatable bonds is 29. The number of aliphatic carboxylic acids is 1. The largest absolute Gasteiger partial charge is 0.481 e. The Labute approximate surface area is 224 Å². The van der Waals surface area contributed by atoms with Crippen LogP contribution in [0.3, 0.4) is 0 Å². The lowest BCUT2D eigenvalue weighted by molar-refractivity contribution is -0.145. The van der Waals surface area contributed by atoms with E-state index in [-0.39, 0.29) is 12.4 Å². The molecule has 0 heterocycles. The highest BCUT2D eigenvalue weighted by Crippen LogP contribution is 2.21. The molecule has 1 unspecified atom stereocenters. The second-order valence-corrected chi connectivity index (χ2v) is 11.1. The predicted molar refractivity (Wildman–Crippen MR) is 153 cm³/mol. The van der Waals surface area contributed by atoms with E-state index < -0.39 is 5.97 Å². The van der Waals surface area contributed by atoms with Crippen LogP contribution in [0.5, 0.6) is 0 Å². The average Bonchev–Trinajstić information content (AvgIpc) is 2.86. The molecular weight excluding hydrogens is 448 g/mol. The zero-order valence-corrected chi connectivity index (χ0v) is 24.3. The number of carbonyl (C=O) groups excluding carboxylic acids is 1. The normalized spacial score (nSPS) is 12.1. The molecule has 0 amide bonds. The lowest BCUT2D eigenvalue weighted by Crippen LogP contribution is -2.14. The van der Waals surface area contributed by atoms with Crippen molar-refractivity contribution in [1.29, 1.82) is 0 Å². The molecule has 36 heavy (non-hydrogen) atoms. The third kappa shape index (κ3) is 27.5. The van der Waals surface area contributed by atoms with Gasteiger partial charge in [-0.2, -0.15) is 0 Å². The molecule has 0 aromatic heterocycles. The van der Waals surface area contributed by atoms with Crippen LogP contribution in [0.15, 0.2) is 0 Å². The van der Waals surface area contributed by atoms with Gasteiger partial charge in [-0.25, -0.2) is 0 Å². The number of ether oxygens (including phenoxy) is 1. The number of carbonyl (C=O) groups is 2. The maximum absolute atomic E-state index is 12.2. The standard InChI is InChI=1S/C32H62O4/c1-3-5-7-9-11-13-14-16-18-22-26-30(25-21-17-15-12-10-8-6-4-2)29-36-32(35)28-24-20-19-23-27-31(33)34/h30H,3-29H2,1-2H3,(H,33,34). The van der Waals surface area contributed by atoms with E-state index in [0.717, 1.165) is 19.3 Å². The Morgan fingerprint density at radius 3 is 1.31 bits per heavy atom. The summed E-state index contributed by atoms with van der Waals surface area (Å²) in [6.45, 7) is 5.13. The number of hydrogen-bond acceptors (Lipinski definition) is 3. The molecule has 0 aromatic carbocycles. The van der Waals surface area contributed by atoms with E-state index in [2.05, 4.69) is 13.8 Å². The van der Waals surface area contributed by atoms with Crippen LogP contribution in [0.25, 0.3) is 0 Å². The summed E-state index contributed by atoms with van der Waals surface area (Å²) in [5.41, 5.74) is 0. The first kappa shape index (κ1) is 34.9. The molecule has 4 nitrogen and oxygen atoms in total. The highest BCUT2D eigenvalue weighted by molar-refractivity contribution is 5.69. The van der Waals surface area contributed by atoms with Crippen molar-refractivity contribution in [2.24, 2.45) is 5.92 Å². The van der Waals surface area contributed by atoms with E-state index >= 15 is 0 Å². The van der Waals surface area contributed by atoms with E-state index in [1.165, 1.54) is 128 Å². The topological polar surface area (TPSA) is 63.6 Å². The fourth-order valence-corrected chi connectivity index (χ4v) is 4.98. The van der Waals surface area contributed by atoms with Crippen LogP contribution in [-0.4, -0.2) is 23.7 Å². The Morgan fingerprint density at radius 2 is 0.889 bits per heavy atom. The fraction of sp³-hybridized carbons (Fsp3) is 0.938. The van der Waals surface area contributed by atoms with Gasteiger partial charge in [0.15, 0.2) is 0 Å². The van der Waals surface area contributed by atoms with Crippen molar-refractivity contribution >= 4 is 11.9 Å². The van der Waals surface area contributed by atoms with E-state index in [4.69, 9.17) is 9.84 Å². The molecule has 0 aliphatic heterocycles. The van der Waals surface area contributed by atoms with Crippen LogP contribution in [0.4, 0.5) is 0 Å². The molecule has 0 saturated heterocycles. The summed E-state index contributed by atoms with van der Waals surface area (Å²) in [5, 5.41) is 8.69. The van der Waals surface area contributed by atoms with Gasteiger partial charge in [-0.3, -0.25) is 9.59 Å². The van der Waals surface area contributed by atoms with E-state index in [9.17, 15) is 9.59 Å². The molecule has 0 aromatic rings. The van der Waals surface area contributed by atoms with E-state index in [0.29, 0.717) is 25.4 Å².